The van der Waals surface area contributed by atoms with Gasteiger partial charge in [-0.15, -0.1) is 5.10 Å². The fourth-order valence-corrected chi connectivity index (χ4v) is 0.993. The van der Waals surface area contributed by atoms with Gasteiger partial charge in [0, 0.05) is 11.5 Å². The van der Waals surface area contributed by atoms with Crippen LogP contribution in [0.4, 0.5) is 5.00 Å². The highest BCUT2D eigenvalue weighted by Gasteiger charge is 2.09. The van der Waals surface area contributed by atoms with Gasteiger partial charge in [-0.25, -0.2) is 0 Å². The molecule has 0 aromatic carbocycles. The van der Waals surface area contributed by atoms with Gasteiger partial charge in [-0.3, -0.25) is 4.79 Å². The molecule has 0 bridgehead atoms. The summed E-state index contributed by atoms with van der Waals surface area (Å²) in [6.45, 7) is 0. The molecule has 0 radical (unpaired) electrons. The van der Waals surface area contributed by atoms with Gasteiger partial charge in [0.1, 0.15) is 10.7 Å². The lowest BCUT2D eigenvalue weighted by Gasteiger charge is -1.94. The predicted molar refractivity (Wildman–Crippen MR) is 40.0 cm³/mol. The number of nitrogens with zero attached hydrogens (tertiary/aromatic N) is 2. The van der Waals surface area contributed by atoms with Gasteiger partial charge in [-0.2, -0.15) is 0 Å². The molecule has 6 heteroatoms. The molecule has 11 heavy (non-hydrogen) atoms. The van der Waals surface area contributed by atoms with Crippen LogP contribution in [0.25, 0.3) is 0 Å². The summed E-state index contributed by atoms with van der Waals surface area (Å²) in [4.78, 5) is 10.7. The minimum atomic E-state index is -0.357. The highest BCUT2D eigenvalue weighted by Crippen LogP contribution is 2.12. The van der Waals surface area contributed by atoms with Gasteiger partial charge in [0.15, 0.2) is 0 Å². The number of carbonyl (C=O) groups excluding carboxylic acids is 1. The molecular weight excluding hydrogens is 166 g/mol. The van der Waals surface area contributed by atoms with Crippen LogP contribution in [0.3, 0.4) is 0 Å². The van der Waals surface area contributed by atoms with E-state index in [0.29, 0.717) is 10.7 Å². The monoisotopic (exact) mass is 173 g/mol. The van der Waals surface area contributed by atoms with Crippen LogP contribution in [0.1, 0.15) is 5.69 Å². The zero-order valence-corrected chi connectivity index (χ0v) is 6.72. The van der Waals surface area contributed by atoms with E-state index in [9.17, 15) is 4.79 Å². The lowest BCUT2D eigenvalue weighted by molar-refractivity contribution is -0.139. The van der Waals surface area contributed by atoms with Crippen LogP contribution in [-0.2, 0) is 16.0 Å². The van der Waals surface area contributed by atoms with E-state index < -0.39 is 0 Å². The summed E-state index contributed by atoms with van der Waals surface area (Å²) in [5.41, 5.74) is 5.92. The molecule has 60 valence electrons. The number of rotatable bonds is 2. The summed E-state index contributed by atoms with van der Waals surface area (Å²) in [6, 6.07) is 0. The number of nitrogens with two attached hydrogens (primary N) is 1. The normalized spacial score (nSPS) is 9.55. The number of hydrogen-bond donors (Lipinski definition) is 1. The molecule has 1 heterocycles. The first-order valence-corrected chi connectivity index (χ1v) is 3.65. The Hall–Kier alpha value is -1.17. The summed E-state index contributed by atoms with van der Waals surface area (Å²) in [5.74, 6) is -0.357. The van der Waals surface area contributed by atoms with Crippen LogP contribution in [0, 0.1) is 0 Å². The Morgan fingerprint density at radius 2 is 2.55 bits per heavy atom. The molecular formula is C5H7N3O2S. The van der Waals surface area contributed by atoms with E-state index in [2.05, 4.69) is 14.3 Å². The van der Waals surface area contributed by atoms with E-state index in [-0.39, 0.29) is 12.4 Å². The molecule has 0 amide bonds. The molecule has 0 unspecified atom stereocenters. The number of carbonyl (C=O) groups is 1. The maximum Gasteiger partial charge on any atom is 0.311 e. The van der Waals surface area contributed by atoms with Crippen molar-refractivity contribution in [2.45, 2.75) is 6.42 Å². The molecule has 0 saturated carbocycles. The molecule has 5 nitrogen and oxygen atoms in total. The zero-order valence-electron chi connectivity index (χ0n) is 5.90. The Morgan fingerprint density at radius 1 is 1.82 bits per heavy atom. The van der Waals surface area contributed by atoms with E-state index in [1.807, 2.05) is 0 Å². The summed E-state index contributed by atoms with van der Waals surface area (Å²) < 4.78 is 7.99. The van der Waals surface area contributed by atoms with Gasteiger partial charge in [0.25, 0.3) is 0 Å². The summed E-state index contributed by atoms with van der Waals surface area (Å²) in [7, 11) is 1.32. The largest absolute Gasteiger partial charge is 0.469 e. The van der Waals surface area contributed by atoms with Gasteiger partial charge in [-0.1, -0.05) is 4.49 Å². The van der Waals surface area contributed by atoms with Crippen molar-refractivity contribution >= 4 is 22.5 Å². The van der Waals surface area contributed by atoms with Crippen molar-refractivity contribution in [3.8, 4) is 0 Å². The molecule has 0 saturated heterocycles. The molecule has 1 aromatic rings. The Morgan fingerprint density at radius 3 is 3.00 bits per heavy atom. The Kier molecular flexibility index (Phi) is 2.37. The third-order valence-corrected chi connectivity index (χ3v) is 1.72. The summed E-state index contributed by atoms with van der Waals surface area (Å²) in [6.07, 6.45) is 0.0961. The number of nitrogen functional groups attached to an aromatic ring is 1. The quantitative estimate of drug-likeness (QED) is 0.628. The van der Waals surface area contributed by atoms with Crippen LogP contribution in [0.2, 0.25) is 0 Å². The van der Waals surface area contributed by atoms with E-state index in [1.165, 1.54) is 7.11 Å². The second kappa shape index (κ2) is 3.29. The van der Waals surface area contributed by atoms with Crippen molar-refractivity contribution in [2.24, 2.45) is 0 Å². The average molecular weight is 173 g/mol. The smallest absolute Gasteiger partial charge is 0.311 e. The highest BCUT2D eigenvalue weighted by atomic mass is 32.1. The van der Waals surface area contributed by atoms with Gasteiger partial charge >= 0.3 is 5.97 Å². The average Bonchev–Trinajstić information content (AvgIpc) is 2.37. The second-order valence-electron chi connectivity index (χ2n) is 1.84. The number of aromatic nitrogens is 2. The van der Waals surface area contributed by atoms with Crippen molar-refractivity contribution in [1.29, 1.82) is 0 Å². The van der Waals surface area contributed by atoms with Gasteiger partial charge in [0.2, 0.25) is 0 Å². The minimum absolute atomic E-state index is 0.0961. The molecule has 0 atom stereocenters. The Labute approximate surface area is 67.3 Å². The van der Waals surface area contributed by atoms with Crippen molar-refractivity contribution in [3.63, 3.8) is 0 Å². The standard InChI is InChI=1S/C5H7N3O2S/c1-10-4(9)2-3-5(6)11-8-7-3/h2,6H2,1H3. The minimum Gasteiger partial charge on any atom is -0.469 e. The van der Waals surface area contributed by atoms with Crippen molar-refractivity contribution in [1.82, 2.24) is 9.59 Å². The lowest BCUT2D eigenvalue weighted by atomic mass is 10.3. The maximum atomic E-state index is 10.7. The van der Waals surface area contributed by atoms with Crippen LogP contribution in [-0.4, -0.2) is 22.7 Å². The zero-order chi connectivity index (χ0) is 8.27. The van der Waals surface area contributed by atoms with Gasteiger partial charge in [0.05, 0.1) is 13.5 Å². The molecule has 1 rings (SSSR count). The van der Waals surface area contributed by atoms with Crippen LogP contribution < -0.4 is 5.73 Å². The molecule has 0 aliphatic carbocycles. The highest BCUT2D eigenvalue weighted by molar-refractivity contribution is 7.09. The molecule has 0 aliphatic rings. The first-order chi connectivity index (χ1) is 5.24. The lowest BCUT2D eigenvalue weighted by Crippen LogP contribution is -2.06. The van der Waals surface area contributed by atoms with Crippen molar-refractivity contribution < 1.29 is 9.53 Å². The fourth-order valence-electron chi connectivity index (χ4n) is 0.547. The molecule has 0 spiro atoms. The van der Waals surface area contributed by atoms with Gasteiger partial charge < -0.3 is 10.5 Å². The van der Waals surface area contributed by atoms with Crippen molar-refractivity contribution in [2.75, 3.05) is 12.8 Å². The topological polar surface area (TPSA) is 78.1 Å². The maximum absolute atomic E-state index is 10.7. The van der Waals surface area contributed by atoms with E-state index >= 15 is 0 Å². The number of hydrogen-bond acceptors (Lipinski definition) is 6. The first kappa shape index (κ1) is 7.93. The fraction of sp³-hybridized carbons (Fsp3) is 0.400. The summed E-state index contributed by atoms with van der Waals surface area (Å²) >= 11 is 1.07. The molecule has 0 fully saturated rings. The SMILES string of the molecule is COC(=O)Cc1nnsc1N. The predicted octanol–water partition coefficient (Wildman–Crippen LogP) is -0.164. The van der Waals surface area contributed by atoms with Crippen LogP contribution >= 0.6 is 11.5 Å². The molecule has 1 aromatic heterocycles. The molecule has 0 aliphatic heterocycles. The van der Waals surface area contributed by atoms with Crippen LogP contribution in [0.5, 0.6) is 0 Å². The third-order valence-electron chi connectivity index (χ3n) is 1.12. The van der Waals surface area contributed by atoms with E-state index in [4.69, 9.17) is 5.73 Å². The van der Waals surface area contributed by atoms with Gasteiger partial charge in [-0.05, 0) is 0 Å². The summed E-state index contributed by atoms with van der Waals surface area (Å²) in [5, 5.41) is 4.11. The number of anilines is 1. The Balaban J connectivity index is 2.64. The number of ether oxygens (including phenoxy) is 1. The van der Waals surface area contributed by atoms with Crippen molar-refractivity contribution in [3.05, 3.63) is 5.69 Å². The Bertz CT molecular complexity index is 260. The van der Waals surface area contributed by atoms with E-state index in [1.54, 1.807) is 0 Å². The third kappa shape index (κ3) is 1.87. The number of methoxy groups -OCH3 is 1. The number of esters is 1. The second-order valence-corrected chi connectivity index (χ2v) is 2.62. The first-order valence-electron chi connectivity index (χ1n) is 2.87. The van der Waals surface area contributed by atoms with Crippen LogP contribution in [0.15, 0.2) is 0 Å². The van der Waals surface area contributed by atoms with E-state index in [0.717, 1.165) is 11.5 Å². The molecule has 2 N–H and O–H groups in total.